The maximum Gasteiger partial charge on any atom is 0.0547 e. The molecular formula is C16H28N2O. The summed E-state index contributed by atoms with van der Waals surface area (Å²) in [5.74, 6) is 0. The molecule has 0 spiro atoms. The average molecular weight is 264 g/mol. The molecule has 3 heteroatoms. The van der Waals surface area contributed by atoms with Gasteiger partial charge in [-0.2, -0.15) is 0 Å². The molecule has 0 aliphatic carbocycles. The first-order valence-corrected chi connectivity index (χ1v) is 7.24. The smallest absolute Gasteiger partial charge is 0.0547 e. The van der Waals surface area contributed by atoms with E-state index in [9.17, 15) is 0 Å². The minimum Gasteiger partial charge on any atom is -0.378 e. The molecule has 1 heterocycles. The highest BCUT2D eigenvalue weighted by Gasteiger charge is 2.08. The average Bonchev–Trinajstić information content (AvgIpc) is 2.35. The molecule has 0 aliphatic heterocycles. The molecule has 0 aliphatic rings. The molecule has 1 unspecified atom stereocenters. The van der Waals surface area contributed by atoms with Crippen molar-refractivity contribution in [3.8, 4) is 0 Å². The molecule has 0 saturated heterocycles. The Morgan fingerprint density at radius 3 is 2.74 bits per heavy atom. The standard InChI is InChI=1S/C16H28N2O/c1-14(8-7-12-18-16(2,3)4)19-13-10-15-9-5-6-11-17-15/h5-6,9,11,14,18H,7-8,10,12-13H2,1-4H3. The second-order valence-corrected chi connectivity index (χ2v) is 6.07. The van der Waals surface area contributed by atoms with Gasteiger partial charge in [0, 0.05) is 23.9 Å². The summed E-state index contributed by atoms with van der Waals surface area (Å²) < 4.78 is 5.81. The Bertz CT molecular complexity index is 332. The van der Waals surface area contributed by atoms with Crippen LogP contribution in [0.3, 0.4) is 0 Å². The van der Waals surface area contributed by atoms with E-state index in [4.69, 9.17) is 4.74 Å². The van der Waals surface area contributed by atoms with Gasteiger partial charge in [0.05, 0.1) is 12.7 Å². The molecule has 0 radical (unpaired) electrons. The van der Waals surface area contributed by atoms with Crippen LogP contribution < -0.4 is 5.32 Å². The third-order valence-corrected chi connectivity index (χ3v) is 2.93. The SMILES string of the molecule is CC(CCCNC(C)(C)C)OCCc1ccccn1. The van der Waals surface area contributed by atoms with Crippen LogP contribution in [0, 0.1) is 0 Å². The summed E-state index contributed by atoms with van der Waals surface area (Å²) in [6.45, 7) is 10.5. The molecule has 1 atom stereocenters. The Morgan fingerprint density at radius 1 is 1.32 bits per heavy atom. The van der Waals surface area contributed by atoms with Gasteiger partial charge in [0.25, 0.3) is 0 Å². The lowest BCUT2D eigenvalue weighted by atomic mass is 10.1. The molecule has 3 nitrogen and oxygen atoms in total. The van der Waals surface area contributed by atoms with E-state index in [2.05, 4.69) is 38.0 Å². The van der Waals surface area contributed by atoms with E-state index in [1.807, 2.05) is 24.4 Å². The first-order chi connectivity index (χ1) is 8.97. The number of rotatable bonds is 8. The fourth-order valence-corrected chi connectivity index (χ4v) is 1.85. The van der Waals surface area contributed by atoms with Crippen LogP contribution in [-0.4, -0.2) is 29.8 Å². The molecule has 1 aromatic rings. The predicted octanol–water partition coefficient (Wildman–Crippen LogP) is 3.20. The summed E-state index contributed by atoms with van der Waals surface area (Å²) >= 11 is 0. The van der Waals surface area contributed by atoms with Crippen molar-refractivity contribution in [2.45, 2.75) is 58.6 Å². The Labute approximate surface area is 117 Å². The molecule has 0 bridgehead atoms. The van der Waals surface area contributed by atoms with Crippen molar-refractivity contribution in [2.75, 3.05) is 13.2 Å². The van der Waals surface area contributed by atoms with Gasteiger partial charge in [-0.15, -0.1) is 0 Å². The highest BCUT2D eigenvalue weighted by molar-refractivity contribution is 5.03. The van der Waals surface area contributed by atoms with Gasteiger partial charge in [-0.3, -0.25) is 4.98 Å². The van der Waals surface area contributed by atoms with E-state index in [0.717, 1.165) is 38.1 Å². The summed E-state index contributed by atoms with van der Waals surface area (Å²) in [6, 6.07) is 6.00. The molecule has 1 rings (SSSR count). The summed E-state index contributed by atoms with van der Waals surface area (Å²) in [7, 11) is 0. The van der Waals surface area contributed by atoms with Crippen molar-refractivity contribution in [3.63, 3.8) is 0 Å². The van der Waals surface area contributed by atoms with Gasteiger partial charge >= 0.3 is 0 Å². The molecule has 0 amide bonds. The topological polar surface area (TPSA) is 34.1 Å². The van der Waals surface area contributed by atoms with Crippen LogP contribution in [0.5, 0.6) is 0 Å². The zero-order valence-corrected chi connectivity index (χ0v) is 12.8. The Morgan fingerprint density at radius 2 is 2.11 bits per heavy atom. The van der Waals surface area contributed by atoms with Gasteiger partial charge in [-0.1, -0.05) is 6.07 Å². The number of hydrogen-bond acceptors (Lipinski definition) is 3. The number of nitrogens with one attached hydrogen (secondary N) is 1. The van der Waals surface area contributed by atoms with Crippen molar-refractivity contribution in [2.24, 2.45) is 0 Å². The van der Waals surface area contributed by atoms with Crippen LogP contribution in [0.4, 0.5) is 0 Å². The maximum atomic E-state index is 5.81. The lowest BCUT2D eigenvalue weighted by Crippen LogP contribution is -2.36. The summed E-state index contributed by atoms with van der Waals surface area (Å²) in [6.07, 6.45) is 5.31. The second kappa shape index (κ2) is 8.28. The molecule has 0 aromatic carbocycles. The highest BCUT2D eigenvalue weighted by atomic mass is 16.5. The van der Waals surface area contributed by atoms with Crippen LogP contribution in [-0.2, 0) is 11.2 Å². The molecule has 1 aromatic heterocycles. The monoisotopic (exact) mass is 264 g/mol. The van der Waals surface area contributed by atoms with Crippen LogP contribution in [0.2, 0.25) is 0 Å². The van der Waals surface area contributed by atoms with Crippen LogP contribution in [0.1, 0.15) is 46.2 Å². The number of pyridine rings is 1. The van der Waals surface area contributed by atoms with Crippen LogP contribution in [0.25, 0.3) is 0 Å². The van der Waals surface area contributed by atoms with E-state index in [0.29, 0.717) is 6.10 Å². The molecule has 0 saturated carbocycles. The van der Waals surface area contributed by atoms with Crippen LogP contribution >= 0.6 is 0 Å². The predicted molar refractivity (Wildman–Crippen MR) is 80.3 cm³/mol. The molecule has 1 N–H and O–H groups in total. The largest absolute Gasteiger partial charge is 0.378 e. The fourth-order valence-electron chi connectivity index (χ4n) is 1.85. The van der Waals surface area contributed by atoms with E-state index in [-0.39, 0.29) is 5.54 Å². The normalized spacial score (nSPS) is 13.5. The Kier molecular flexibility index (Phi) is 7.03. The molecule has 0 fully saturated rings. The summed E-state index contributed by atoms with van der Waals surface area (Å²) in [5.41, 5.74) is 1.31. The Balaban J connectivity index is 2.04. The van der Waals surface area contributed by atoms with Crippen molar-refractivity contribution in [1.29, 1.82) is 0 Å². The molecular weight excluding hydrogens is 236 g/mol. The number of aromatic nitrogens is 1. The lowest BCUT2D eigenvalue weighted by molar-refractivity contribution is 0.0605. The quantitative estimate of drug-likeness (QED) is 0.732. The minimum atomic E-state index is 0.211. The fraction of sp³-hybridized carbons (Fsp3) is 0.688. The zero-order valence-electron chi connectivity index (χ0n) is 12.8. The zero-order chi connectivity index (χ0) is 14.1. The van der Waals surface area contributed by atoms with Crippen molar-refractivity contribution in [1.82, 2.24) is 10.3 Å². The summed E-state index contributed by atoms with van der Waals surface area (Å²) in [4.78, 5) is 4.29. The van der Waals surface area contributed by atoms with E-state index in [1.54, 1.807) is 0 Å². The number of hydrogen-bond donors (Lipinski definition) is 1. The van der Waals surface area contributed by atoms with Gasteiger partial charge in [-0.05, 0) is 59.2 Å². The van der Waals surface area contributed by atoms with Gasteiger partial charge < -0.3 is 10.1 Å². The first-order valence-electron chi connectivity index (χ1n) is 7.24. The second-order valence-electron chi connectivity index (χ2n) is 6.07. The summed E-state index contributed by atoms with van der Waals surface area (Å²) in [5, 5.41) is 3.49. The third-order valence-electron chi connectivity index (χ3n) is 2.93. The van der Waals surface area contributed by atoms with Crippen molar-refractivity contribution >= 4 is 0 Å². The van der Waals surface area contributed by atoms with E-state index in [1.165, 1.54) is 0 Å². The van der Waals surface area contributed by atoms with E-state index >= 15 is 0 Å². The van der Waals surface area contributed by atoms with Gasteiger partial charge in [0.1, 0.15) is 0 Å². The number of nitrogens with zero attached hydrogens (tertiary/aromatic N) is 1. The third kappa shape index (κ3) is 8.73. The molecule has 19 heavy (non-hydrogen) atoms. The lowest BCUT2D eigenvalue weighted by Gasteiger charge is -2.21. The minimum absolute atomic E-state index is 0.211. The van der Waals surface area contributed by atoms with Gasteiger partial charge in [0.2, 0.25) is 0 Å². The van der Waals surface area contributed by atoms with E-state index < -0.39 is 0 Å². The highest BCUT2D eigenvalue weighted by Crippen LogP contribution is 2.04. The molecule has 108 valence electrons. The van der Waals surface area contributed by atoms with Gasteiger partial charge in [-0.25, -0.2) is 0 Å². The number of ether oxygens (including phenoxy) is 1. The van der Waals surface area contributed by atoms with Crippen molar-refractivity contribution in [3.05, 3.63) is 30.1 Å². The first kappa shape index (κ1) is 16.1. The van der Waals surface area contributed by atoms with Gasteiger partial charge in [0.15, 0.2) is 0 Å². The van der Waals surface area contributed by atoms with Crippen LogP contribution in [0.15, 0.2) is 24.4 Å². The Hall–Kier alpha value is -0.930. The van der Waals surface area contributed by atoms with Crippen molar-refractivity contribution < 1.29 is 4.74 Å². The maximum absolute atomic E-state index is 5.81.